The number of nitriles is 1. The molecule has 4 bridgehead atoms. The van der Waals surface area contributed by atoms with E-state index >= 15 is 0 Å². The van der Waals surface area contributed by atoms with E-state index in [0.717, 1.165) is 56.5 Å². The van der Waals surface area contributed by atoms with Crippen molar-refractivity contribution in [3.63, 3.8) is 0 Å². The van der Waals surface area contributed by atoms with Crippen LogP contribution in [0.15, 0.2) is 0 Å². The molecule has 0 aromatic rings. The molecule has 1 heterocycles. The van der Waals surface area contributed by atoms with Crippen LogP contribution in [0.25, 0.3) is 0 Å². The average Bonchev–Trinajstić information content (AvgIpc) is 2.65. The van der Waals surface area contributed by atoms with Gasteiger partial charge in [-0.1, -0.05) is 0 Å². The minimum atomic E-state index is -0.458. The van der Waals surface area contributed by atoms with Crippen LogP contribution in [-0.4, -0.2) is 42.5 Å². The van der Waals surface area contributed by atoms with Gasteiger partial charge in [0.05, 0.1) is 12.1 Å². The summed E-state index contributed by atoms with van der Waals surface area (Å²) in [7, 11) is 0. The van der Waals surface area contributed by atoms with Gasteiger partial charge in [-0.05, 0) is 100 Å². The molecule has 1 saturated heterocycles. The van der Waals surface area contributed by atoms with Gasteiger partial charge in [-0.2, -0.15) is 5.26 Å². The molecular formula is C22H36N4O. The number of nitrogens with one attached hydrogen (secondary N) is 1. The fourth-order valence-electron chi connectivity index (χ4n) is 6.97. The van der Waals surface area contributed by atoms with Crippen molar-refractivity contribution in [2.24, 2.45) is 28.9 Å². The summed E-state index contributed by atoms with van der Waals surface area (Å²) in [6.07, 6.45) is 13.3. The summed E-state index contributed by atoms with van der Waals surface area (Å²) in [6, 6.07) is 1.54. The van der Waals surface area contributed by atoms with E-state index in [1.54, 1.807) is 4.90 Å². The highest BCUT2D eigenvalue weighted by molar-refractivity contribution is 5.82. The molecule has 0 radical (unpaired) electrons. The number of nitrogens with two attached hydrogens (primary N) is 1. The molecule has 27 heavy (non-hydrogen) atoms. The number of hydrogen-bond donors (Lipinski definition) is 2. The first-order chi connectivity index (χ1) is 13.1. The van der Waals surface area contributed by atoms with E-state index < -0.39 is 6.04 Å². The van der Waals surface area contributed by atoms with Crippen molar-refractivity contribution in [3.05, 3.63) is 0 Å². The zero-order valence-corrected chi connectivity index (χ0v) is 16.7. The van der Waals surface area contributed by atoms with Crippen molar-refractivity contribution < 1.29 is 4.79 Å². The van der Waals surface area contributed by atoms with E-state index in [9.17, 15) is 10.1 Å². The SMILES string of the molecule is N#CC1CCCCN1C(=O)C(N)CCCNCC12CC3CC(CC(C3)C1)C2. The number of likely N-dealkylation sites (tertiary alicyclic amines) is 1. The number of rotatable bonds is 7. The average molecular weight is 373 g/mol. The maximum absolute atomic E-state index is 12.6. The summed E-state index contributed by atoms with van der Waals surface area (Å²) in [5.74, 6) is 2.98. The second-order valence-electron chi connectivity index (χ2n) is 10.0. The maximum Gasteiger partial charge on any atom is 0.240 e. The molecule has 4 saturated carbocycles. The van der Waals surface area contributed by atoms with Crippen LogP contribution >= 0.6 is 0 Å². The lowest BCUT2D eigenvalue weighted by Gasteiger charge is -2.57. The summed E-state index contributed by atoms with van der Waals surface area (Å²) >= 11 is 0. The van der Waals surface area contributed by atoms with Crippen molar-refractivity contribution in [1.29, 1.82) is 5.26 Å². The Bertz CT molecular complexity index is 548. The summed E-state index contributed by atoms with van der Waals surface area (Å²) in [6.45, 7) is 2.79. The van der Waals surface area contributed by atoms with Crippen LogP contribution in [0.5, 0.6) is 0 Å². The van der Waals surface area contributed by atoms with Gasteiger partial charge in [-0.3, -0.25) is 4.79 Å². The quantitative estimate of drug-likeness (QED) is 0.673. The topological polar surface area (TPSA) is 82.2 Å². The van der Waals surface area contributed by atoms with Gasteiger partial charge >= 0.3 is 0 Å². The molecule has 150 valence electrons. The smallest absolute Gasteiger partial charge is 0.240 e. The van der Waals surface area contributed by atoms with Gasteiger partial charge in [0, 0.05) is 13.1 Å². The third-order valence-corrected chi connectivity index (χ3v) is 7.79. The zero-order valence-electron chi connectivity index (χ0n) is 16.7. The van der Waals surface area contributed by atoms with E-state index in [0.29, 0.717) is 18.4 Å². The molecule has 3 N–H and O–H groups in total. The van der Waals surface area contributed by atoms with Crippen LogP contribution in [0.3, 0.4) is 0 Å². The third kappa shape index (κ3) is 4.17. The van der Waals surface area contributed by atoms with Gasteiger partial charge in [-0.25, -0.2) is 0 Å². The molecule has 5 aliphatic rings. The third-order valence-electron chi connectivity index (χ3n) is 7.79. The molecule has 0 aromatic carbocycles. The predicted molar refractivity (Wildman–Crippen MR) is 106 cm³/mol. The van der Waals surface area contributed by atoms with Crippen molar-refractivity contribution in [1.82, 2.24) is 10.2 Å². The molecule has 1 amide bonds. The first-order valence-electron chi connectivity index (χ1n) is 11.2. The highest BCUT2D eigenvalue weighted by atomic mass is 16.2. The first kappa shape index (κ1) is 19.2. The normalized spacial score (nSPS) is 38.6. The Morgan fingerprint density at radius 2 is 1.85 bits per heavy atom. The molecule has 0 spiro atoms. The Morgan fingerprint density at radius 3 is 2.48 bits per heavy atom. The second-order valence-corrected chi connectivity index (χ2v) is 10.0. The van der Waals surface area contributed by atoms with E-state index in [2.05, 4.69) is 11.4 Å². The number of amides is 1. The van der Waals surface area contributed by atoms with Crippen molar-refractivity contribution in [2.45, 2.75) is 82.7 Å². The Balaban J connectivity index is 1.17. The van der Waals surface area contributed by atoms with E-state index in [4.69, 9.17) is 5.73 Å². The van der Waals surface area contributed by atoms with Crippen molar-refractivity contribution >= 4 is 5.91 Å². The summed E-state index contributed by atoms with van der Waals surface area (Å²) in [5.41, 5.74) is 6.74. The Labute approximate surface area is 164 Å². The second kappa shape index (κ2) is 8.09. The summed E-state index contributed by atoms with van der Waals surface area (Å²) < 4.78 is 0. The van der Waals surface area contributed by atoms with Gasteiger partial charge in [0.2, 0.25) is 5.91 Å². The van der Waals surface area contributed by atoms with Crippen LogP contribution < -0.4 is 11.1 Å². The lowest BCUT2D eigenvalue weighted by molar-refractivity contribution is -0.135. The highest BCUT2D eigenvalue weighted by Gasteiger charge is 2.50. The van der Waals surface area contributed by atoms with E-state index in [-0.39, 0.29) is 11.9 Å². The minimum absolute atomic E-state index is 0.0256. The van der Waals surface area contributed by atoms with Crippen LogP contribution in [-0.2, 0) is 4.79 Å². The van der Waals surface area contributed by atoms with Gasteiger partial charge < -0.3 is 16.0 Å². The summed E-state index contributed by atoms with van der Waals surface area (Å²) in [4.78, 5) is 14.3. The molecule has 5 rings (SSSR count). The van der Waals surface area contributed by atoms with Gasteiger partial charge in [0.15, 0.2) is 0 Å². The number of piperidine rings is 1. The molecule has 2 unspecified atom stereocenters. The molecule has 4 aliphatic carbocycles. The monoisotopic (exact) mass is 372 g/mol. The van der Waals surface area contributed by atoms with Gasteiger partial charge in [0.1, 0.15) is 6.04 Å². The highest BCUT2D eigenvalue weighted by Crippen LogP contribution is 2.59. The maximum atomic E-state index is 12.6. The zero-order chi connectivity index (χ0) is 18.9. The van der Waals surface area contributed by atoms with Crippen LogP contribution in [0.4, 0.5) is 0 Å². The fraction of sp³-hybridized carbons (Fsp3) is 0.909. The summed E-state index contributed by atoms with van der Waals surface area (Å²) in [5, 5.41) is 13.0. The largest absolute Gasteiger partial charge is 0.325 e. The Hall–Kier alpha value is -1.12. The molecule has 1 aliphatic heterocycles. The molecule has 5 nitrogen and oxygen atoms in total. The molecule has 5 fully saturated rings. The number of carbonyl (C=O) groups excluding carboxylic acids is 1. The Morgan fingerprint density at radius 1 is 1.19 bits per heavy atom. The van der Waals surface area contributed by atoms with E-state index in [1.165, 1.54) is 38.5 Å². The molecule has 2 atom stereocenters. The molecule has 5 heteroatoms. The van der Waals surface area contributed by atoms with Crippen molar-refractivity contribution in [2.75, 3.05) is 19.6 Å². The number of nitrogens with zero attached hydrogens (tertiary/aromatic N) is 2. The number of carbonyl (C=O) groups is 1. The lowest BCUT2D eigenvalue weighted by atomic mass is 9.49. The lowest BCUT2D eigenvalue weighted by Crippen LogP contribution is -2.51. The molecule has 0 aromatic heterocycles. The minimum Gasteiger partial charge on any atom is -0.325 e. The predicted octanol–water partition coefficient (Wildman–Crippen LogP) is 2.80. The van der Waals surface area contributed by atoms with Crippen LogP contribution in [0, 0.1) is 34.5 Å². The van der Waals surface area contributed by atoms with Crippen LogP contribution in [0.2, 0.25) is 0 Å². The molecular weight excluding hydrogens is 336 g/mol. The number of hydrogen-bond acceptors (Lipinski definition) is 4. The van der Waals surface area contributed by atoms with Crippen LogP contribution in [0.1, 0.15) is 70.6 Å². The fourth-order valence-corrected chi connectivity index (χ4v) is 6.97. The van der Waals surface area contributed by atoms with Crippen molar-refractivity contribution in [3.8, 4) is 6.07 Å². The standard InChI is InChI=1S/C22H36N4O/c23-14-19-4-1-2-7-26(19)21(27)20(24)5-3-6-25-15-22-11-16-8-17(12-22)10-18(9-16)13-22/h16-20,25H,1-13,15,24H2. The van der Waals surface area contributed by atoms with Gasteiger partial charge in [-0.15, -0.1) is 0 Å². The first-order valence-corrected chi connectivity index (χ1v) is 11.2. The van der Waals surface area contributed by atoms with E-state index in [1.807, 2.05) is 0 Å². The Kier molecular flexibility index (Phi) is 5.75. The van der Waals surface area contributed by atoms with Gasteiger partial charge in [0.25, 0.3) is 0 Å².